The number of hydrogen-bond acceptors (Lipinski definition) is 4. The molecule has 0 saturated heterocycles. The third-order valence-electron chi connectivity index (χ3n) is 6.72. The highest BCUT2D eigenvalue weighted by atomic mass is 19.4. The average Bonchev–Trinajstić information content (AvgIpc) is 2.87. The zero-order valence-electron chi connectivity index (χ0n) is 21.3. The molecule has 2 N–H and O–H groups in total. The lowest BCUT2D eigenvalue weighted by atomic mass is 9.67. The van der Waals surface area contributed by atoms with Gasteiger partial charge in [-0.05, 0) is 61.2 Å². The number of ether oxygens (including phenoxy) is 1. The molecule has 3 aromatic rings. The van der Waals surface area contributed by atoms with Gasteiger partial charge in [-0.3, -0.25) is 9.59 Å². The van der Waals surface area contributed by atoms with Crippen molar-refractivity contribution >= 4 is 11.8 Å². The fourth-order valence-corrected chi connectivity index (χ4v) is 4.99. The van der Waals surface area contributed by atoms with E-state index in [1.54, 1.807) is 60.4 Å². The minimum absolute atomic E-state index is 0.0381. The lowest BCUT2D eigenvalue weighted by Gasteiger charge is -2.48. The Morgan fingerprint density at radius 2 is 1.63 bits per heavy atom. The molecule has 1 aliphatic rings. The molecule has 1 aliphatic heterocycles. The van der Waals surface area contributed by atoms with Crippen LogP contribution in [0.2, 0.25) is 0 Å². The summed E-state index contributed by atoms with van der Waals surface area (Å²) in [6.07, 6.45) is -4.81. The van der Waals surface area contributed by atoms with Crippen molar-refractivity contribution in [2.45, 2.75) is 57.8 Å². The Kier molecular flexibility index (Phi) is 7.51. The lowest BCUT2D eigenvalue weighted by molar-refractivity contribution is -0.274. The molecule has 0 spiro atoms. The molecular weight excluding hydrogens is 497 g/mol. The fraction of sp³-hybridized carbons (Fsp3) is 0.310. The molecule has 0 aromatic heterocycles. The van der Waals surface area contributed by atoms with Gasteiger partial charge in [0.05, 0.1) is 18.1 Å². The number of fused-ring (bicyclic) bond motifs is 1. The molecule has 0 bridgehead atoms. The standard InChI is InChI=1S/C29H29F3N2O4/c1-18(2)33-27(37)28(3)24-7-5-4-6-23(24)26(36)34(25(28)21-12-8-20(17-35)9-13-21)16-19-10-14-22(15-11-19)38-29(30,31)32/h4-15,18,25,35H,16-17H2,1-3H3,(H,33,37)/t25-,28-/m0/s1. The van der Waals surface area contributed by atoms with Gasteiger partial charge in [0.25, 0.3) is 5.91 Å². The fourth-order valence-electron chi connectivity index (χ4n) is 4.99. The first-order chi connectivity index (χ1) is 17.9. The molecule has 0 aliphatic carbocycles. The second-order valence-corrected chi connectivity index (χ2v) is 9.80. The summed E-state index contributed by atoms with van der Waals surface area (Å²) in [5, 5.41) is 12.5. The first kappa shape index (κ1) is 27.2. The van der Waals surface area contributed by atoms with Gasteiger partial charge in [-0.15, -0.1) is 13.2 Å². The van der Waals surface area contributed by atoms with Crippen molar-refractivity contribution in [3.8, 4) is 5.75 Å². The van der Waals surface area contributed by atoms with Crippen LogP contribution < -0.4 is 10.1 Å². The smallest absolute Gasteiger partial charge is 0.406 e. The third-order valence-corrected chi connectivity index (χ3v) is 6.72. The molecule has 2 atom stereocenters. The van der Waals surface area contributed by atoms with Crippen molar-refractivity contribution in [1.29, 1.82) is 0 Å². The number of aliphatic hydroxyl groups is 1. The molecule has 0 unspecified atom stereocenters. The molecule has 0 fully saturated rings. The number of alkyl halides is 3. The summed E-state index contributed by atoms with van der Waals surface area (Å²) < 4.78 is 41.8. The lowest BCUT2D eigenvalue weighted by Crippen LogP contribution is -2.57. The Bertz CT molecular complexity index is 1310. The Morgan fingerprint density at radius 3 is 2.21 bits per heavy atom. The molecule has 38 heavy (non-hydrogen) atoms. The number of benzene rings is 3. The van der Waals surface area contributed by atoms with E-state index in [4.69, 9.17) is 0 Å². The van der Waals surface area contributed by atoms with Crippen molar-refractivity contribution in [2.75, 3.05) is 0 Å². The van der Waals surface area contributed by atoms with Crippen LogP contribution in [-0.2, 0) is 23.4 Å². The summed E-state index contributed by atoms with van der Waals surface area (Å²) in [6.45, 7) is 5.39. The third kappa shape index (κ3) is 5.38. The van der Waals surface area contributed by atoms with Crippen LogP contribution in [0.4, 0.5) is 13.2 Å². The number of amides is 2. The van der Waals surface area contributed by atoms with E-state index in [0.29, 0.717) is 27.8 Å². The molecule has 6 nitrogen and oxygen atoms in total. The van der Waals surface area contributed by atoms with Crippen molar-refractivity contribution in [3.63, 3.8) is 0 Å². The number of aliphatic hydroxyl groups excluding tert-OH is 1. The molecule has 9 heteroatoms. The van der Waals surface area contributed by atoms with Crippen LogP contribution in [0.15, 0.2) is 72.8 Å². The summed E-state index contributed by atoms with van der Waals surface area (Å²) in [4.78, 5) is 29.3. The van der Waals surface area contributed by atoms with Gasteiger partial charge in [0, 0.05) is 18.2 Å². The molecule has 3 aromatic carbocycles. The van der Waals surface area contributed by atoms with Crippen molar-refractivity contribution in [1.82, 2.24) is 10.2 Å². The SMILES string of the molecule is CC(C)NC(=O)[C@@]1(C)c2ccccc2C(=O)N(Cc2ccc(OC(F)(F)F)cc2)[C@H]1c1ccc(CO)cc1. The highest BCUT2D eigenvalue weighted by Gasteiger charge is 2.53. The maximum atomic E-state index is 13.9. The van der Waals surface area contributed by atoms with E-state index in [1.807, 2.05) is 13.8 Å². The summed E-state index contributed by atoms with van der Waals surface area (Å²) >= 11 is 0. The number of rotatable bonds is 7. The predicted octanol–water partition coefficient (Wildman–Crippen LogP) is 5.26. The molecule has 1 heterocycles. The minimum Gasteiger partial charge on any atom is -0.406 e. The van der Waals surface area contributed by atoms with Crippen LogP contribution in [0.1, 0.15) is 59.4 Å². The second kappa shape index (κ2) is 10.5. The topological polar surface area (TPSA) is 78.9 Å². The Labute approximate surface area is 219 Å². The molecule has 2 amide bonds. The van der Waals surface area contributed by atoms with Gasteiger partial charge in [-0.1, -0.05) is 54.6 Å². The van der Waals surface area contributed by atoms with E-state index in [1.165, 1.54) is 24.3 Å². The van der Waals surface area contributed by atoms with Gasteiger partial charge in [0.2, 0.25) is 5.91 Å². The monoisotopic (exact) mass is 526 g/mol. The van der Waals surface area contributed by atoms with Gasteiger partial charge in [-0.25, -0.2) is 0 Å². The maximum absolute atomic E-state index is 13.9. The molecule has 0 radical (unpaired) electrons. The van der Waals surface area contributed by atoms with Gasteiger partial charge in [-0.2, -0.15) is 0 Å². The zero-order valence-corrected chi connectivity index (χ0v) is 21.3. The first-order valence-electron chi connectivity index (χ1n) is 12.2. The highest BCUT2D eigenvalue weighted by Crippen LogP contribution is 2.48. The van der Waals surface area contributed by atoms with Crippen LogP contribution in [0.3, 0.4) is 0 Å². The van der Waals surface area contributed by atoms with Crippen LogP contribution in [0, 0.1) is 0 Å². The summed E-state index contributed by atoms with van der Waals surface area (Å²) in [7, 11) is 0. The number of carbonyl (C=O) groups excluding carboxylic acids is 2. The molecular formula is C29H29F3N2O4. The van der Waals surface area contributed by atoms with Gasteiger partial charge >= 0.3 is 6.36 Å². The van der Waals surface area contributed by atoms with Gasteiger partial charge in [0.1, 0.15) is 5.75 Å². The average molecular weight is 527 g/mol. The van der Waals surface area contributed by atoms with E-state index in [9.17, 15) is 27.9 Å². The Morgan fingerprint density at radius 1 is 1.03 bits per heavy atom. The number of nitrogens with one attached hydrogen (secondary N) is 1. The van der Waals surface area contributed by atoms with Gasteiger partial charge in [0.15, 0.2) is 0 Å². The normalized spacial score (nSPS) is 19.3. The summed E-state index contributed by atoms with van der Waals surface area (Å²) in [5.41, 5.74) is 1.70. The molecule has 200 valence electrons. The van der Waals surface area contributed by atoms with Gasteiger partial charge < -0.3 is 20.1 Å². The number of carbonyl (C=O) groups is 2. The summed E-state index contributed by atoms with van der Waals surface area (Å²) in [6, 6.07) is 18.4. The molecule has 4 rings (SSSR count). The van der Waals surface area contributed by atoms with E-state index < -0.39 is 17.8 Å². The predicted molar refractivity (Wildman–Crippen MR) is 135 cm³/mol. The number of hydrogen-bond donors (Lipinski definition) is 2. The van der Waals surface area contributed by atoms with Crippen LogP contribution in [0.25, 0.3) is 0 Å². The van der Waals surface area contributed by atoms with Crippen LogP contribution in [-0.4, -0.2) is 34.2 Å². The summed E-state index contributed by atoms with van der Waals surface area (Å²) in [5.74, 6) is -0.932. The van der Waals surface area contributed by atoms with E-state index in [2.05, 4.69) is 10.1 Å². The zero-order chi connectivity index (χ0) is 27.7. The first-order valence-corrected chi connectivity index (χ1v) is 12.2. The second-order valence-electron chi connectivity index (χ2n) is 9.80. The number of halogens is 3. The van der Waals surface area contributed by atoms with E-state index in [0.717, 1.165) is 0 Å². The van der Waals surface area contributed by atoms with E-state index in [-0.39, 0.29) is 36.8 Å². The molecule has 0 saturated carbocycles. The van der Waals surface area contributed by atoms with E-state index >= 15 is 0 Å². The Hall–Kier alpha value is -3.85. The highest BCUT2D eigenvalue weighted by molar-refractivity contribution is 6.03. The van der Waals surface area contributed by atoms with Crippen LogP contribution >= 0.6 is 0 Å². The minimum atomic E-state index is -4.81. The van der Waals surface area contributed by atoms with Crippen molar-refractivity contribution in [3.05, 3.63) is 101 Å². The largest absolute Gasteiger partial charge is 0.573 e. The quantitative estimate of drug-likeness (QED) is 0.441. The van der Waals surface area contributed by atoms with Crippen molar-refractivity contribution in [2.24, 2.45) is 0 Å². The van der Waals surface area contributed by atoms with Crippen molar-refractivity contribution < 1.29 is 32.6 Å². The Balaban J connectivity index is 1.84. The maximum Gasteiger partial charge on any atom is 0.573 e. The van der Waals surface area contributed by atoms with Crippen LogP contribution in [0.5, 0.6) is 5.75 Å². The number of nitrogens with zero attached hydrogens (tertiary/aromatic N) is 1.